The molecule has 0 saturated carbocycles. The second-order valence-electron chi connectivity index (χ2n) is 4.17. The molecule has 0 aliphatic carbocycles. The number of hydrogen-bond donors (Lipinski definition) is 2. The zero-order valence-corrected chi connectivity index (χ0v) is 9.67. The molecule has 5 nitrogen and oxygen atoms in total. The molecular formula is C13H13N3O2. The van der Waals surface area contributed by atoms with Gasteiger partial charge in [0.25, 0.3) is 0 Å². The van der Waals surface area contributed by atoms with Crippen molar-refractivity contribution < 1.29 is 9.53 Å². The van der Waals surface area contributed by atoms with E-state index in [1.807, 2.05) is 41.1 Å². The molecule has 2 heterocycles. The zero-order chi connectivity index (χ0) is 12.5. The first-order valence-corrected chi connectivity index (χ1v) is 5.72. The van der Waals surface area contributed by atoms with Gasteiger partial charge in [-0.25, -0.2) is 4.79 Å². The summed E-state index contributed by atoms with van der Waals surface area (Å²) >= 11 is 0. The van der Waals surface area contributed by atoms with Crippen molar-refractivity contribution in [3.8, 4) is 5.75 Å². The fraction of sp³-hybridized carbons (Fsp3) is 0.154. The number of benzene rings is 1. The first kappa shape index (κ1) is 10.7. The molecule has 18 heavy (non-hydrogen) atoms. The molecule has 5 heteroatoms. The van der Waals surface area contributed by atoms with Gasteiger partial charge in [-0.15, -0.1) is 0 Å². The van der Waals surface area contributed by atoms with Crippen LogP contribution in [0.1, 0.15) is 11.8 Å². The van der Waals surface area contributed by atoms with Gasteiger partial charge in [0.2, 0.25) is 0 Å². The van der Waals surface area contributed by atoms with Crippen LogP contribution in [-0.2, 0) is 6.42 Å². The quantitative estimate of drug-likeness (QED) is 0.848. The molecule has 3 rings (SSSR count). The fourth-order valence-electron chi connectivity index (χ4n) is 2.20. The Balaban J connectivity index is 1.86. The van der Waals surface area contributed by atoms with Crippen molar-refractivity contribution >= 4 is 11.8 Å². The number of carbonyl (C=O) groups is 1. The van der Waals surface area contributed by atoms with Crippen LogP contribution in [0.15, 0.2) is 42.6 Å². The number of nitrogens with one attached hydrogen (secondary N) is 1. The van der Waals surface area contributed by atoms with E-state index in [1.165, 1.54) is 5.56 Å². The lowest BCUT2D eigenvalue weighted by atomic mass is 10.1. The zero-order valence-electron chi connectivity index (χ0n) is 9.67. The Hall–Kier alpha value is -2.43. The minimum absolute atomic E-state index is 0.140. The highest BCUT2D eigenvalue weighted by molar-refractivity contribution is 5.86. The summed E-state index contributed by atoms with van der Waals surface area (Å²) in [7, 11) is 0. The van der Waals surface area contributed by atoms with E-state index in [0.29, 0.717) is 5.82 Å². The topological polar surface area (TPSA) is 69.3 Å². The Morgan fingerprint density at radius 3 is 2.94 bits per heavy atom. The van der Waals surface area contributed by atoms with Crippen molar-refractivity contribution in [2.45, 2.75) is 12.6 Å². The summed E-state index contributed by atoms with van der Waals surface area (Å²) in [6.07, 6.45) is 2.50. The van der Waals surface area contributed by atoms with E-state index < -0.39 is 6.03 Å². The largest absolute Gasteiger partial charge is 0.469 e. The molecule has 0 bridgehead atoms. The Morgan fingerprint density at radius 1 is 1.33 bits per heavy atom. The predicted molar refractivity (Wildman–Crippen MR) is 67.4 cm³/mol. The van der Waals surface area contributed by atoms with E-state index in [2.05, 4.69) is 5.32 Å². The molecule has 1 unspecified atom stereocenters. The molecule has 92 valence electrons. The minimum Gasteiger partial charge on any atom is -0.469 e. The van der Waals surface area contributed by atoms with Crippen LogP contribution in [0.2, 0.25) is 0 Å². The van der Waals surface area contributed by atoms with E-state index in [0.717, 1.165) is 12.2 Å². The first-order valence-electron chi connectivity index (χ1n) is 5.72. The number of hydrogen-bond acceptors (Lipinski definition) is 2. The number of aromatic nitrogens is 1. The number of fused-ring (bicyclic) bond motifs is 1. The molecule has 2 aromatic rings. The maximum absolute atomic E-state index is 10.9. The van der Waals surface area contributed by atoms with Gasteiger partial charge in [-0.1, -0.05) is 18.2 Å². The molecule has 1 aromatic carbocycles. The number of carbonyl (C=O) groups excluding carboxylic acids is 1. The van der Waals surface area contributed by atoms with Crippen LogP contribution in [0.25, 0.3) is 0 Å². The van der Waals surface area contributed by atoms with Gasteiger partial charge in [-0.3, -0.25) is 9.88 Å². The van der Waals surface area contributed by atoms with Crippen LogP contribution in [0.4, 0.5) is 10.6 Å². The molecule has 2 amide bonds. The van der Waals surface area contributed by atoms with Crippen molar-refractivity contribution in [1.82, 2.24) is 4.57 Å². The fourth-order valence-corrected chi connectivity index (χ4v) is 2.20. The molecule has 3 N–H and O–H groups in total. The minimum atomic E-state index is -0.578. The van der Waals surface area contributed by atoms with Crippen molar-refractivity contribution in [3.63, 3.8) is 0 Å². The van der Waals surface area contributed by atoms with Crippen molar-refractivity contribution in [2.24, 2.45) is 5.73 Å². The van der Waals surface area contributed by atoms with Gasteiger partial charge in [0.05, 0.1) is 0 Å². The third-order valence-electron chi connectivity index (χ3n) is 2.97. The van der Waals surface area contributed by atoms with Gasteiger partial charge in [0, 0.05) is 12.6 Å². The first-order chi connectivity index (χ1) is 8.74. The van der Waals surface area contributed by atoms with E-state index in [9.17, 15) is 4.79 Å². The summed E-state index contributed by atoms with van der Waals surface area (Å²) in [5.41, 5.74) is 6.30. The van der Waals surface area contributed by atoms with Gasteiger partial charge in [0.15, 0.2) is 6.23 Å². The molecule has 1 aliphatic rings. The lowest BCUT2D eigenvalue weighted by Crippen LogP contribution is -2.23. The normalized spacial score (nSPS) is 17.0. The summed E-state index contributed by atoms with van der Waals surface area (Å²) in [5, 5.41) is 2.58. The highest BCUT2D eigenvalue weighted by Crippen LogP contribution is 2.34. The summed E-state index contributed by atoms with van der Waals surface area (Å²) in [5.74, 6) is 1.53. The van der Waals surface area contributed by atoms with Crippen molar-refractivity contribution in [1.29, 1.82) is 0 Å². The van der Waals surface area contributed by atoms with Gasteiger partial charge in [-0.2, -0.15) is 0 Å². The van der Waals surface area contributed by atoms with Crippen molar-refractivity contribution in [2.75, 3.05) is 5.32 Å². The maximum Gasteiger partial charge on any atom is 0.317 e. The van der Waals surface area contributed by atoms with Gasteiger partial charge in [0.1, 0.15) is 11.6 Å². The number of ether oxygens (including phenoxy) is 1. The molecule has 1 atom stereocenters. The third kappa shape index (κ3) is 1.79. The number of primary amides is 1. The number of rotatable bonds is 2. The van der Waals surface area contributed by atoms with E-state index in [-0.39, 0.29) is 6.23 Å². The van der Waals surface area contributed by atoms with Gasteiger partial charge in [-0.05, 0) is 23.8 Å². The van der Waals surface area contributed by atoms with Gasteiger partial charge < -0.3 is 10.5 Å². The smallest absolute Gasteiger partial charge is 0.317 e. The van der Waals surface area contributed by atoms with Crippen LogP contribution in [0, 0.1) is 0 Å². The molecule has 1 aromatic heterocycles. The van der Waals surface area contributed by atoms with E-state index in [4.69, 9.17) is 10.5 Å². The Kier molecular flexibility index (Phi) is 2.44. The standard InChI is InChI=1S/C13H13N3O2/c14-13(17)15-11-6-3-7-16(11)12-8-9-4-1-2-5-10(9)18-12/h1-7,12H,8H2,(H3,14,15,17). The lowest BCUT2D eigenvalue weighted by Gasteiger charge is -2.16. The molecule has 0 spiro atoms. The number of nitrogens with zero attached hydrogens (tertiary/aromatic N) is 1. The molecule has 0 radical (unpaired) electrons. The highest BCUT2D eigenvalue weighted by atomic mass is 16.5. The average molecular weight is 243 g/mol. The SMILES string of the molecule is NC(=O)Nc1cccn1C1Cc2ccccc2O1. The second kappa shape index (κ2) is 4.10. The van der Waals surface area contributed by atoms with Crippen LogP contribution in [0.5, 0.6) is 5.75 Å². The van der Waals surface area contributed by atoms with Crippen LogP contribution in [-0.4, -0.2) is 10.6 Å². The number of nitrogens with two attached hydrogens (primary N) is 1. The number of amides is 2. The lowest BCUT2D eigenvalue weighted by molar-refractivity contribution is 0.163. The summed E-state index contributed by atoms with van der Waals surface area (Å²) in [6.45, 7) is 0. The van der Waals surface area contributed by atoms with Crippen LogP contribution < -0.4 is 15.8 Å². The molecule has 0 fully saturated rings. The number of urea groups is 1. The molecule has 0 saturated heterocycles. The predicted octanol–water partition coefficient (Wildman–Crippen LogP) is 2.11. The average Bonchev–Trinajstić information content (AvgIpc) is 2.93. The van der Waals surface area contributed by atoms with Crippen LogP contribution >= 0.6 is 0 Å². The maximum atomic E-state index is 10.9. The van der Waals surface area contributed by atoms with Crippen molar-refractivity contribution in [3.05, 3.63) is 48.2 Å². The monoisotopic (exact) mass is 243 g/mol. The summed E-state index contributed by atoms with van der Waals surface area (Å²) in [6, 6.07) is 11.0. The Bertz CT molecular complexity index is 566. The van der Waals surface area contributed by atoms with E-state index >= 15 is 0 Å². The Labute approximate surface area is 104 Å². The van der Waals surface area contributed by atoms with Gasteiger partial charge >= 0.3 is 6.03 Å². The molecular weight excluding hydrogens is 230 g/mol. The van der Waals surface area contributed by atoms with Crippen LogP contribution in [0.3, 0.4) is 0 Å². The number of para-hydroxylation sites is 1. The highest BCUT2D eigenvalue weighted by Gasteiger charge is 2.24. The number of anilines is 1. The molecule has 1 aliphatic heterocycles. The second-order valence-corrected chi connectivity index (χ2v) is 4.17. The Morgan fingerprint density at radius 2 is 2.17 bits per heavy atom. The summed E-state index contributed by atoms with van der Waals surface area (Å²) in [4.78, 5) is 10.9. The third-order valence-corrected chi connectivity index (χ3v) is 2.97. The summed E-state index contributed by atoms with van der Waals surface area (Å²) < 4.78 is 7.71. The van der Waals surface area contributed by atoms with E-state index in [1.54, 1.807) is 6.07 Å².